The van der Waals surface area contributed by atoms with E-state index >= 15 is 0 Å². The summed E-state index contributed by atoms with van der Waals surface area (Å²) in [6.45, 7) is 1.78. The van der Waals surface area contributed by atoms with E-state index in [-0.39, 0.29) is 0 Å². The molecule has 3 heteroatoms. The molecule has 2 rings (SSSR count). The smallest absolute Gasteiger partial charge is 0.0485 e. The summed E-state index contributed by atoms with van der Waals surface area (Å²) < 4.78 is 1.10. The van der Waals surface area contributed by atoms with Crippen LogP contribution >= 0.6 is 15.9 Å². The van der Waals surface area contributed by atoms with Crippen molar-refractivity contribution >= 4 is 27.3 Å². The van der Waals surface area contributed by atoms with Crippen LogP contribution in [0.4, 0.5) is 11.4 Å². The Morgan fingerprint density at radius 3 is 2.18 bits per heavy atom. The standard InChI is InChI=1S/C14H15BrN2/c15-13-8-4-5-9-14(13)17-11-10-16-12-6-2-1-3-7-12/h1-9,16-17H,10-11H2. The van der Waals surface area contributed by atoms with Gasteiger partial charge in [-0.15, -0.1) is 0 Å². The summed E-state index contributed by atoms with van der Waals surface area (Å²) in [5.74, 6) is 0. The van der Waals surface area contributed by atoms with E-state index in [0.717, 1.165) is 28.9 Å². The Kier molecular flexibility index (Phi) is 4.45. The van der Waals surface area contributed by atoms with E-state index in [0.29, 0.717) is 0 Å². The normalized spacial score (nSPS) is 9.94. The van der Waals surface area contributed by atoms with Crippen molar-refractivity contribution in [3.05, 3.63) is 59.1 Å². The first-order valence-electron chi connectivity index (χ1n) is 5.63. The molecule has 0 saturated carbocycles. The Hall–Kier alpha value is -1.48. The van der Waals surface area contributed by atoms with E-state index in [9.17, 15) is 0 Å². The lowest BCUT2D eigenvalue weighted by molar-refractivity contribution is 1.08. The fourth-order valence-corrected chi connectivity index (χ4v) is 1.99. The van der Waals surface area contributed by atoms with Gasteiger partial charge in [-0.1, -0.05) is 30.3 Å². The van der Waals surface area contributed by atoms with Crippen LogP contribution in [0.25, 0.3) is 0 Å². The third kappa shape index (κ3) is 3.79. The van der Waals surface area contributed by atoms with Gasteiger partial charge >= 0.3 is 0 Å². The zero-order valence-electron chi connectivity index (χ0n) is 9.49. The van der Waals surface area contributed by atoms with Crippen LogP contribution in [0.2, 0.25) is 0 Å². The molecule has 2 N–H and O–H groups in total. The van der Waals surface area contributed by atoms with E-state index in [1.165, 1.54) is 0 Å². The van der Waals surface area contributed by atoms with E-state index in [1.807, 2.05) is 36.4 Å². The van der Waals surface area contributed by atoms with Gasteiger partial charge in [0.15, 0.2) is 0 Å². The zero-order chi connectivity index (χ0) is 11.9. The Labute approximate surface area is 110 Å². The largest absolute Gasteiger partial charge is 0.383 e. The highest BCUT2D eigenvalue weighted by atomic mass is 79.9. The predicted octanol–water partition coefficient (Wildman–Crippen LogP) is 3.97. The maximum Gasteiger partial charge on any atom is 0.0485 e. The van der Waals surface area contributed by atoms with Crippen molar-refractivity contribution in [2.24, 2.45) is 0 Å². The topological polar surface area (TPSA) is 24.1 Å². The lowest BCUT2D eigenvalue weighted by Gasteiger charge is -2.09. The average molecular weight is 291 g/mol. The zero-order valence-corrected chi connectivity index (χ0v) is 11.1. The van der Waals surface area contributed by atoms with Crippen LogP contribution in [0.5, 0.6) is 0 Å². The Balaban J connectivity index is 1.76. The van der Waals surface area contributed by atoms with Gasteiger partial charge in [0.25, 0.3) is 0 Å². The van der Waals surface area contributed by atoms with Crippen molar-refractivity contribution in [3.8, 4) is 0 Å². The molecule has 0 aliphatic heterocycles. The third-order valence-corrected chi connectivity index (χ3v) is 3.11. The molecule has 0 aliphatic rings. The van der Waals surface area contributed by atoms with Gasteiger partial charge in [0.1, 0.15) is 0 Å². The van der Waals surface area contributed by atoms with Crippen LogP contribution in [0.15, 0.2) is 59.1 Å². The molecule has 0 unspecified atom stereocenters. The molecule has 2 aromatic carbocycles. The summed E-state index contributed by atoms with van der Waals surface area (Å²) in [4.78, 5) is 0. The van der Waals surface area contributed by atoms with E-state index in [2.05, 4.69) is 44.8 Å². The van der Waals surface area contributed by atoms with Crippen molar-refractivity contribution in [2.45, 2.75) is 0 Å². The molecule has 0 amide bonds. The van der Waals surface area contributed by atoms with Crippen molar-refractivity contribution in [1.82, 2.24) is 0 Å². The number of halogens is 1. The highest BCUT2D eigenvalue weighted by Crippen LogP contribution is 2.20. The quantitative estimate of drug-likeness (QED) is 0.814. The number of para-hydroxylation sites is 2. The summed E-state index contributed by atoms with van der Waals surface area (Å²) in [6.07, 6.45) is 0. The average Bonchev–Trinajstić information content (AvgIpc) is 2.38. The summed E-state index contributed by atoms with van der Waals surface area (Å²) in [6, 6.07) is 18.4. The molecule has 0 heterocycles. The molecule has 2 aromatic rings. The first-order chi connectivity index (χ1) is 8.36. The van der Waals surface area contributed by atoms with Gasteiger partial charge in [0, 0.05) is 28.9 Å². The molecule has 0 bridgehead atoms. The molecule has 0 fully saturated rings. The van der Waals surface area contributed by atoms with Crippen LogP contribution in [-0.2, 0) is 0 Å². The van der Waals surface area contributed by atoms with Crippen LogP contribution in [-0.4, -0.2) is 13.1 Å². The summed E-state index contributed by atoms with van der Waals surface area (Å²) in [5.41, 5.74) is 2.28. The molecule has 2 nitrogen and oxygen atoms in total. The van der Waals surface area contributed by atoms with E-state index in [1.54, 1.807) is 0 Å². The van der Waals surface area contributed by atoms with Crippen LogP contribution in [0.1, 0.15) is 0 Å². The Morgan fingerprint density at radius 1 is 0.765 bits per heavy atom. The molecular weight excluding hydrogens is 276 g/mol. The van der Waals surface area contributed by atoms with Crippen LogP contribution < -0.4 is 10.6 Å². The third-order valence-electron chi connectivity index (χ3n) is 2.42. The first-order valence-corrected chi connectivity index (χ1v) is 6.43. The molecule has 0 radical (unpaired) electrons. The van der Waals surface area contributed by atoms with Gasteiger partial charge < -0.3 is 10.6 Å². The lowest BCUT2D eigenvalue weighted by atomic mass is 10.3. The molecule has 0 aromatic heterocycles. The fraction of sp³-hybridized carbons (Fsp3) is 0.143. The summed E-state index contributed by atoms with van der Waals surface area (Å²) >= 11 is 3.51. The van der Waals surface area contributed by atoms with Crippen molar-refractivity contribution < 1.29 is 0 Å². The minimum atomic E-state index is 0.886. The number of benzene rings is 2. The van der Waals surface area contributed by atoms with Crippen molar-refractivity contribution in [3.63, 3.8) is 0 Å². The Morgan fingerprint density at radius 2 is 1.41 bits per heavy atom. The van der Waals surface area contributed by atoms with Gasteiger partial charge in [0.2, 0.25) is 0 Å². The second kappa shape index (κ2) is 6.30. The minimum Gasteiger partial charge on any atom is -0.383 e. The molecule has 0 saturated heterocycles. The molecule has 0 atom stereocenters. The molecule has 0 spiro atoms. The van der Waals surface area contributed by atoms with Crippen LogP contribution in [0, 0.1) is 0 Å². The molecule has 88 valence electrons. The number of rotatable bonds is 5. The van der Waals surface area contributed by atoms with Gasteiger partial charge in [-0.25, -0.2) is 0 Å². The molecule has 0 aliphatic carbocycles. The molecular formula is C14H15BrN2. The van der Waals surface area contributed by atoms with Gasteiger partial charge in [-0.2, -0.15) is 0 Å². The maximum absolute atomic E-state index is 3.51. The number of hydrogen-bond acceptors (Lipinski definition) is 2. The second-order valence-corrected chi connectivity index (χ2v) is 4.55. The SMILES string of the molecule is Brc1ccccc1NCCNc1ccccc1. The van der Waals surface area contributed by atoms with Gasteiger partial charge in [-0.05, 0) is 40.2 Å². The number of anilines is 2. The van der Waals surface area contributed by atoms with Crippen LogP contribution in [0.3, 0.4) is 0 Å². The van der Waals surface area contributed by atoms with Gasteiger partial charge in [-0.3, -0.25) is 0 Å². The Bertz CT molecular complexity index is 457. The monoisotopic (exact) mass is 290 g/mol. The molecule has 17 heavy (non-hydrogen) atoms. The number of nitrogens with one attached hydrogen (secondary N) is 2. The van der Waals surface area contributed by atoms with E-state index in [4.69, 9.17) is 0 Å². The summed E-state index contributed by atoms with van der Waals surface area (Å²) in [5, 5.41) is 6.73. The van der Waals surface area contributed by atoms with Crippen molar-refractivity contribution in [2.75, 3.05) is 23.7 Å². The maximum atomic E-state index is 3.51. The highest BCUT2D eigenvalue weighted by Gasteiger charge is 1.96. The van der Waals surface area contributed by atoms with Gasteiger partial charge in [0.05, 0.1) is 0 Å². The second-order valence-electron chi connectivity index (χ2n) is 3.70. The van der Waals surface area contributed by atoms with E-state index < -0.39 is 0 Å². The highest BCUT2D eigenvalue weighted by molar-refractivity contribution is 9.10. The first kappa shape index (κ1) is 12.0. The minimum absolute atomic E-state index is 0.886. The summed E-state index contributed by atoms with van der Waals surface area (Å²) in [7, 11) is 0. The fourth-order valence-electron chi connectivity index (χ4n) is 1.56. The predicted molar refractivity (Wildman–Crippen MR) is 77.6 cm³/mol. The number of hydrogen-bond donors (Lipinski definition) is 2. The van der Waals surface area contributed by atoms with Crippen molar-refractivity contribution in [1.29, 1.82) is 0 Å². The lowest BCUT2D eigenvalue weighted by Crippen LogP contribution is -2.13.